The van der Waals surface area contributed by atoms with Gasteiger partial charge in [-0.3, -0.25) is 4.79 Å². The Bertz CT molecular complexity index is 643. The summed E-state index contributed by atoms with van der Waals surface area (Å²) in [5.41, 5.74) is 1.72. The van der Waals surface area contributed by atoms with Crippen molar-refractivity contribution in [2.24, 2.45) is 0 Å². The fourth-order valence-electron chi connectivity index (χ4n) is 2.23. The second-order valence-electron chi connectivity index (χ2n) is 5.18. The van der Waals surface area contributed by atoms with Crippen LogP contribution in [0.2, 0.25) is 0 Å². The van der Waals surface area contributed by atoms with Gasteiger partial charge >= 0.3 is 12.1 Å². The topological polar surface area (TPSA) is 64.6 Å². The number of ether oxygens (including phenoxy) is 2. The molecule has 5 nitrogen and oxygen atoms in total. The molecule has 0 heterocycles. The highest BCUT2D eigenvalue weighted by Crippen LogP contribution is 2.17. The zero-order valence-electron chi connectivity index (χ0n) is 13.6. The molecule has 1 unspecified atom stereocenters. The van der Waals surface area contributed by atoms with Crippen LogP contribution in [0.3, 0.4) is 0 Å². The molecule has 2 aromatic rings. The summed E-state index contributed by atoms with van der Waals surface area (Å²) >= 11 is 0. The number of carbonyl (C=O) groups excluding carboxylic acids is 2. The SMILES string of the molecule is CCOC(=O)CC(NC(=O)OCc1ccccc1)c1ccccc1. The van der Waals surface area contributed by atoms with Crippen LogP contribution in [0.1, 0.15) is 30.5 Å². The first-order valence-corrected chi connectivity index (χ1v) is 7.87. The molecule has 0 bridgehead atoms. The van der Waals surface area contributed by atoms with Crippen molar-refractivity contribution in [2.45, 2.75) is 26.0 Å². The predicted octanol–water partition coefficient (Wildman–Crippen LogP) is 3.61. The normalized spacial score (nSPS) is 11.4. The summed E-state index contributed by atoms with van der Waals surface area (Å²) in [6.07, 6.45) is -0.518. The third kappa shape index (κ3) is 5.76. The molecule has 0 saturated carbocycles. The van der Waals surface area contributed by atoms with Gasteiger partial charge in [0.15, 0.2) is 0 Å². The average molecular weight is 327 g/mol. The van der Waals surface area contributed by atoms with Gasteiger partial charge in [-0.2, -0.15) is 0 Å². The second kappa shape index (κ2) is 9.35. The fourth-order valence-corrected chi connectivity index (χ4v) is 2.23. The Labute approximate surface area is 141 Å². The van der Waals surface area contributed by atoms with E-state index in [2.05, 4.69) is 5.32 Å². The van der Waals surface area contributed by atoms with Gasteiger partial charge in [-0.25, -0.2) is 4.79 Å². The molecule has 0 saturated heterocycles. The quantitative estimate of drug-likeness (QED) is 0.789. The van der Waals surface area contributed by atoms with Crippen LogP contribution in [-0.4, -0.2) is 18.7 Å². The van der Waals surface area contributed by atoms with E-state index in [9.17, 15) is 9.59 Å². The number of amides is 1. The summed E-state index contributed by atoms with van der Waals surface area (Å²) in [5, 5.41) is 2.73. The molecule has 0 fully saturated rings. The molecule has 0 aliphatic carbocycles. The van der Waals surface area contributed by atoms with Gasteiger partial charge in [0.25, 0.3) is 0 Å². The molecule has 126 valence electrons. The highest BCUT2D eigenvalue weighted by Gasteiger charge is 2.19. The molecule has 24 heavy (non-hydrogen) atoms. The van der Waals surface area contributed by atoms with Crippen molar-refractivity contribution in [3.63, 3.8) is 0 Å². The summed E-state index contributed by atoms with van der Waals surface area (Å²) < 4.78 is 10.2. The van der Waals surface area contributed by atoms with Gasteiger partial charge in [0, 0.05) is 0 Å². The molecule has 0 aliphatic heterocycles. The van der Waals surface area contributed by atoms with E-state index in [1.807, 2.05) is 60.7 Å². The first-order chi connectivity index (χ1) is 11.7. The molecular formula is C19H21NO4. The van der Waals surface area contributed by atoms with E-state index in [0.29, 0.717) is 6.61 Å². The lowest BCUT2D eigenvalue weighted by molar-refractivity contribution is -0.143. The summed E-state index contributed by atoms with van der Waals surface area (Å²) in [4.78, 5) is 23.8. The van der Waals surface area contributed by atoms with Crippen molar-refractivity contribution in [3.8, 4) is 0 Å². The van der Waals surface area contributed by atoms with E-state index in [-0.39, 0.29) is 19.0 Å². The highest BCUT2D eigenvalue weighted by atomic mass is 16.5. The summed E-state index contributed by atoms with van der Waals surface area (Å²) in [5.74, 6) is -0.366. The van der Waals surface area contributed by atoms with Crippen molar-refractivity contribution in [1.82, 2.24) is 5.32 Å². The standard InChI is InChI=1S/C19H21NO4/c1-2-23-18(21)13-17(16-11-7-4-8-12-16)20-19(22)24-14-15-9-5-3-6-10-15/h3-12,17H,2,13-14H2,1H3,(H,20,22). The van der Waals surface area contributed by atoms with Crippen molar-refractivity contribution in [2.75, 3.05) is 6.61 Å². The Balaban J connectivity index is 1.96. The zero-order valence-corrected chi connectivity index (χ0v) is 13.6. The first kappa shape index (κ1) is 17.5. The lowest BCUT2D eigenvalue weighted by atomic mass is 10.0. The summed E-state index contributed by atoms with van der Waals surface area (Å²) in [7, 11) is 0. The van der Waals surface area contributed by atoms with Gasteiger partial charge in [-0.15, -0.1) is 0 Å². The summed E-state index contributed by atoms with van der Waals surface area (Å²) in [6, 6.07) is 18.2. The second-order valence-corrected chi connectivity index (χ2v) is 5.18. The Kier molecular flexibility index (Phi) is 6.83. The average Bonchev–Trinajstić information content (AvgIpc) is 2.61. The monoisotopic (exact) mass is 327 g/mol. The minimum absolute atomic E-state index is 0.0539. The van der Waals surface area contributed by atoms with Crippen LogP contribution >= 0.6 is 0 Å². The molecule has 5 heteroatoms. The molecule has 1 atom stereocenters. The van der Waals surface area contributed by atoms with Crippen molar-refractivity contribution < 1.29 is 19.1 Å². The highest BCUT2D eigenvalue weighted by molar-refractivity contribution is 5.73. The number of nitrogens with one attached hydrogen (secondary N) is 1. The van der Waals surface area contributed by atoms with Crippen LogP contribution in [0, 0.1) is 0 Å². The lowest BCUT2D eigenvalue weighted by Gasteiger charge is -2.18. The number of benzene rings is 2. The molecule has 0 aromatic heterocycles. The van der Waals surface area contributed by atoms with Gasteiger partial charge < -0.3 is 14.8 Å². The van der Waals surface area contributed by atoms with Crippen LogP contribution in [0.15, 0.2) is 60.7 Å². The maximum absolute atomic E-state index is 12.1. The fraction of sp³-hybridized carbons (Fsp3) is 0.263. The smallest absolute Gasteiger partial charge is 0.407 e. The molecule has 2 aromatic carbocycles. The number of carbonyl (C=O) groups is 2. The van der Waals surface area contributed by atoms with E-state index >= 15 is 0 Å². The van der Waals surface area contributed by atoms with Crippen LogP contribution in [0.25, 0.3) is 0 Å². The number of alkyl carbamates (subject to hydrolysis) is 1. The Morgan fingerprint density at radius 3 is 2.21 bits per heavy atom. The lowest BCUT2D eigenvalue weighted by Crippen LogP contribution is -2.31. The van der Waals surface area contributed by atoms with Crippen LogP contribution in [0.5, 0.6) is 0 Å². The van der Waals surface area contributed by atoms with E-state index in [1.165, 1.54) is 0 Å². The molecule has 0 spiro atoms. The maximum atomic E-state index is 12.1. The molecule has 0 aliphatic rings. The maximum Gasteiger partial charge on any atom is 0.407 e. The number of rotatable bonds is 7. The number of hydrogen-bond acceptors (Lipinski definition) is 4. The molecule has 1 N–H and O–H groups in total. The van der Waals surface area contributed by atoms with Gasteiger partial charge in [0.1, 0.15) is 6.61 Å². The minimum Gasteiger partial charge on any atom is -0.466 e. The molecular weight excluding hydrogens is 306 g/mol. The third-order valence-corrected chi connectivity index (χ3v) is 3.38. The molecule has 1 amide bonds. The largest absolute Gasteiger partial charge is 0.466 e. The van der Waals surface area contributed by atoms with Gasteiger partial charge in [-0.05, 0) is 18.1 Å². The number of esters is 1. The van der Waals surface area contributed by atoms with E-state index in [0.717, 1.165) is 11.1 Å². The Hall–Kier alpha value is -2.82. The van der Waals surface area contributed by atoms with Crippen LogP contribution in [0.4, 0.5) is 4.79 Å². The third-order valence-electron chi connectivity index (χ3n) is 3.38. The Morgan fingerprint density at radius 2 is 1.58 bits per heavy atom. The summed E-state index contributed by atoms with van der Waals surface area (Å²) in [6.45, 7) is 2.23. The van der Waals surface area contributed by atoms with Crippen LogP contribution in [-0.2, 0) is 20.9 Å². The van der Waals surface area contributed by atoms with Gasteiger partial charge in [0.05, 0.1) is 19.1 Å². The van der Waals surface area contributed by atoms with E-state index in [1.54, 1.807) is 6.92 Å². The van der Waals surface area contributed by atoms with E-state index < -0.39 is 12.1 Å². The minimum atomic E-state index is -0.572. The van der Waals surface area contributed by atoms with Crippen molar-refractivity contribution in [3.05, 3.63) is 71.8 Å². The first-order valence-electron chi connectivity index (χ1n) is 7.87. The van der Waals surface area contributed by atoms with E-state index in [4.69, 9.17) is 9.47 Å². The van der Waals surface area contributed by atoms with Gasteiger partial charge in [-0.1, -0.05) is 60.7 Å². The van der Waals surface area contributed by atoms with Gasteiger partial charge in [0.2, 0.25) is 0 Å². The zero-order chi connectivity index (χ0) is 17.2. The molecule has 2 rings (SSSR count). The molecule has 0 radical (unpaired) electrons. The van der Waals surface area contributed by atoms with Crippen LogP contribution < -0.4 is 5.32 Å². The number of hydrogen-bond donors (Lipinski definition) is 1. The van der Waals surface area contributed by atoms with Crippen molar-refractivity contribution in [1.29, 1.82) is 0 Å². The predicted molar refractivity (Wildman–Crippen MR) is 90.2 cm³/mol. The van der Waals surface area contributed by atoms with Crippen molar-refractivity contribution >= 4 is 12.1 Å². The Morgan fingerprint density at radius 1 is 0.958 bits per heavy atom.